The van der Waals surface area contributed by atoms with E-state index in [9.17, 15) is 9.59 Å². The maximum absolute atomic E-state index is 12.5. The standard InChI is InChI=1S/C22H21N3O6S/c1-14-10-16(25-31-14)13-32-21-17(4-2-7-23-21)22(27)30-12-20(26)24-15-5-6-18-19(11-15)29-9-3-8-28-18/h2,4-7,10-11H,3,8-9,12-13H2,1H3,(H,24,26). The molecule has 10 heteroatoms. The summed E-state index contributed by atoms with van der Waals surface area (Å²) in [6.45, 7) is 2.50. The Kier molecular flexibility index (Phi) is 6.90. The van der Waals surface area contributed by atoms with Gasteiger partial charge in [0.15, 0.2) is 18.1 Å². The maximum Gasteiger partial charge on any atom is 0.341 e. The van der Waals surface area contributed by atoms with Crippen molar-refractivity contribution in [1.29, 1.82) is 0 Å². The molecule has 3 heterocycles. The normalized spacial score (nSPS) is 12.7. The number of carbonyl (C=O) groups is 2. The number of thioether (sulfide) groups is 1. The van der Waals surface area contributed by atoms with Gasteiger partial charge in [0.25, 0.3) is 5.91 Å². The van der Waals surface area contributed by atoms with Gasteiger partial charge in [0.1, 0.15) is 10.8 Å². The molecule has 2 aromatic heterocycles. The Morgan fingerprint density at radius 2 is 2.00 bits per heavy atom. The minimum absolute atomic E-state index is 0.279. The largest absolute Gasteiger partial charge is 0.490 e. The molecule has 4 rings (SSSR count). The van der Waals surface area contributed by atoms with Gasteiger partial charge < -0.3 is 24.1 Å². The van der Waals surface area contributed by atoms with Crippen molar-refractivity contribution < 1.29 is 28.3 Å². The first-order chi connectivity index (χ1) is 15.6. The van der Waals surface area contributed by atoms with E-state index in [2.05, 4.69) is 15.5 Å². The Bertz CT molecular complexity index is 1120. The molecule has 1 aliphatic heterocycles. The maximum atomic E-state index is 12.5. The van der Waals surface area contributed by atoms with Gasteiger partial charge in [0.05, 0.1) is 24.5 Å². The van der Waals surface area contributed by atoms with Crippen molar-refractivity contribution in [2.45, 2.75) is 24.1 Å². The number of benzene rings is 1. The third-order valence-corrected chi connectivity index (χ3v) is 5.43. The topological polar surface area (TPSA) is 113 Å². The molecule has 0 atom stereocenters. The number of rotatable bonds is 7. The Balaban J connectivity index is 1.32. The van der Waals surface area contributed by atoms with E-state index in [4.69, 9.17) is 18.7 Å². The van der Waals surface area contributed by atoms with Gasteiger partial charge in [-0.3, -0.25) is 4.79 Å². The second-order valence-corrected chi connectivity index (χ2v) is 7.87. The molecule has 0 unspecified atom stereocenters. The fourth-order valence-corrected chi connectivity index (χ4v) is 3.80. The number of nitrogens with zero attached hydrogens (tertiary/aromatic N) is 2. The summed E-state index contributed by atoms with van der Waals surface area (Å²) in [4.78, 5) is 29.1. The fourth-order valence-electron chi connectivity index (χ4n) is 2.94. The fraction of sp³-hybridized carbons (Fsp3) is 0.273. The highest BCUT2D eigenvalue weighted by atomic mass is 32.2. The molecular formula is C22H21N3O6S. The summed E-state index contributed by atoms with van der Waals surface area (Å²) in [7, 11) is 0. The summed E-state index contributed by atoms with van der Waals surface area (Å²) in [6, 6.07) is 10.2. The summed E-state index contributed by atoms with van der Waals surface area (Å²) >= 11 is 1.33. The molecule has 166 valence electrons. The predicted octanol–water partition coefficient (Wildman–Crippen LogP) is 3.63. The van der Waals surface area contributed by atoms with Gasteiger partial charge in [-0.2, -0.15) is 0 Å². The zero-order valence-electron chi connectivity index (χ0n) is 17.3. The average Bonchev–Trinajstić information content (AvgIpc) is 3.07. The van der Waals surface area contributed by atoms with Gasteiger partial charge in [-0.25, -0.2) is 9.78 Å². The Morgan fingerprint density at radius 3 is 2.81 bits per heavy atom. The van der Waals surface area contributed by atoms with Gasteiger partial charge in [0.2, 0.25) is 0 Å². The number of pyridine rings is 1. The van der Waals surface area contributed by atoms with Gasteiger partial charge >= 0.3 is 5.97 Å². The summed E-state index contributed by atoms with van der Waals surface area (Å²) in [5.74, 6) is 1.29. The van der Waals surface area contributed by atoms with Crippen molar-refractivity contribution in [2.75, 3.05) is 25.1 Å². The van der Waals surface area contributed by atoms with Crippen LogP contribution < -0.4 is 14.8 Å². The van der Waals surface area contributed by atoms with Crippen molar-refractivity contribution in [3.63, 3.8) is 0 Å². The molecule has 0 radical (unpaired) electrons. The second-order valence-electron chi connectivity index (χ2n) is 6.91. The van der Waals surface area contributed by atoms with E-state index in [-0.39, 0.29) is 5.56 Å². The average molecular weight is 455 g/mol. The lowest BCUT2D eigenvalue weighted by atomic mass is 10.2. The zero-order valence-corrected chi connectivity index (χ0v) is 18.1. The summed E-state index contributed by atoms with van der Waals surface area (Å²) in [5, 5.41) is 7.11. The number of aromatic nitrogens is 2. The van der Waals surface area contributed by atoms with E-state index in [1.807, 2.05) is 13.0 Å². The van der Waals surface area contributed by atoms with E-state index in [0.29, 0.717) is 46.9 Å². The Labute approximate surface area is 188 Å². The van der Waals surface area contributed by atoms with E-state index < -0.39 is 18.5 Å². The molecule has 9 nitrogen and oxygen atoms in total. The lowest BCUT2D eigenvalue weighted by Gasteiger charge is -2.11. The Hall–Kier alpha value is -3.53. The lowest BCUT2D eigenvalue weighted by molar-refractivity contribution is -0.119. The first-order valence-corrected chi connectivity index (χ1v) is 10.9. The van der Waals surface area contributed by atoms with Crippen LogP contribution >= 0.6 is 11.8 Å². The number of ether oxygens (including phenoxy) is 3. The third-order valence-electron chi connectivity index (χ3n) is 4.39. The molecule has 1 aromatic carbocycles. The summed E-state index contributed by atoms with van der Waals surface area (Å²) in [5.41, 5.74) is 1.55. The number of carbonyl (C=O) groups excluding carboxylic acids is 2. The first-order valence-electron chi connectivity index (χ1n) is 9.95. The zero-order chi connectivity index (χ0) is 22.3. The van der Waals surface area contributed by atoms with Crippen LogP contribution in [0.1, 0.15) is 28.2 Å². The van der Waals surface area contributed by atoms with Crippen LogP contribution in [0.3, 0.4) is 0 Å². The van der Waals surface area contributed by atoms with Crippen LogP contribution in [-0.4, -0.2) is 41.8 Å². The molecule has 1 amide bonds. The van der Waals surface area contributed by atoms with Crippen LogP contribution in [0.5, 0.6) is 11.5 Å². The van der Waals surface area contributed by atoms with Crippen LogP contribution in [-0.2, 0) is 15.3 Å². The molecule has 0 saturated heterocycles. The predicted molar refractivity (Wildman–Crippen MR) is 116 cm³/mol. The molecule has 0 aliphatic carbocycles. The van der Waals surface area contributed by atoms with E-state index >= 15 is 0 Å². The molecule has 32 heavy (non-hydrogen) atoms. The highest BCUT2D eigenvalue weighted by Gasteiger charge is 2.17. The van der Waals surface area contributed by atoms with Gasteiger partial charge in [-0.05, 0) is 31.2 Å². The molecule has 0 spiro atoms. The van der Waals surface area contributed by atoms with E-state index in [1.54, 1.807) is 36.5 Å². The summed E-state index contributed by atoms with van der Waals surface area (Å²) < 4.78 is 21.4. The quantitative estimate of drug-likeness (QED) is 0.421. The number of hydrogen-bond acceptors (Lipinski definition) is 9. The molecule has 3 aromatic rings. The second kappa shape index (κ2) is 10.2. The van der Waals surface area contributed by atoms with E-state index in [0.717, 1.165) is 12.1 Å². The van der Waals surface area contributed by atoms with E-state index in [1.165, 1.54) is 11.8 Å². The molecular weight excluding hydrogens is 434 g/mol. The van der Waals surface area contributed by atoms with Crippen molar-refractivity contribution in [1.82, 2.24) is 10.1 Å². The molecule has 0 saturated carbocycles. The molecule has 0 fully saturated rings. The van der Waals surface area contributed by atoms with Crippen molar-refractivity contribution >= 4 is 29.3 Å². The molecule has 0 bridgehead atoms. The number of hydrogen-bond donors (Lipinski definition) is 1. The van der Waals surface area contributed by atoms with Crippen LogP contribution in [0.25, 0.3) is 0 Å². The van der Waals surface area contributed by atoms with Crippen LogP contribution in [0, 0.1) is 6.92 Å². The number of esters is 1. The van der Waals surface area contributed by atoms with Crippen molar-refractivity contribution in [3.8, 4) is 11.5 Å². The number of amides is 1. The lowest BCUT2D eigenvalue weighted by Crippen LogP contribution is -2.21. The van der Waals surface area contributed by atoms with Crippen molar-refractivity contribution in [2.24, 2.45) is 0 Å². The van der Waals surface area contributed by atoms with Gasteiger partial charge in [-0.1, -0.05) is 16.9 Å². The Morgan fingerprint density at radius 1 is 1.16 bits per heavy atom. The molecule has 1 aliphatic rings. The minimum Gasteiger partial charge on any atom is -0.490 e. The number of nitrogens with one attached hydrogen (secondary N) is 1. The highest BCUT2D eigenvalue weighted by Crippen LogP contribution is 2.32. The van der Waals surface area contributed by atoms with Gasteiger partial charge in [0, 0.05) is 36.2 Å². The summed E-state index contributed by atoms with van der Waals surface area (Å²) in [6.07, 6.45) is 2.38. The SMILES string of the molecule is Cc1cc(CSc2ncccc2C(=O)OCC(=O)Nc2ccc3c(c2)OCCCO3)no1. The minimum atomic E-state index is -0.634. The highest BCUT2D eigenvalue weighted by molar-refractivity contribution is 7.98. The third kappa shape index (κ3) is 5.58. The number of anilines is 1. The monoisotopic (exact) mass is 455 g/mol. The van der Waals surface area contributed by atoms with Crippen LogP contribution in [0.15, 0.2) is 52.1 Å². The van der Waals surface area contributed by atoms with Gasteiger partial charge in [-0.15, -0.1) is 0 Å². The first kappa shape index (κ1) is 21.7. The smallest absolute Gasteiger partial charge is 0.341 e. The van der Waals surface area contributed by atoms with Crippen LogP contribution in [0.4, 0.5) is 5.69 Å². The number of fused-ring (bicyclic) bond motifs is 1. The van der Waals surface area contributed by atoms with Crippen LogP contribution in [0.2, 0.25) is 0 Å². The molecule has 1 N–H and O–H groups in total. The number of aryl methyl sites for hydroxylation is 1. The van der Waals surface area contributed by atoms with Crippen molar-refractivity contribution in [3.05, 3.63) is 59.6 Å².